The molecule has 0 radical (unpaired) electrons. The van der Waals surface area contributed by atoms with Crippen LogP contribution in [-0.4, -0.2) is 35.2 Å². The molecule has 0 saturated heterocycles. The van der Waals surface area contributed by atoms with Gasteiger partial charge in [-0.3, -0.25) is 16.0 Å². The maximum atomic E-state index is 11.8. The first-order valence-corrected chi connectivity index (χ1v) is 5.49. The number of hydrazine groups is 1. The SMILES string of the molecule is Cn1cc(CC(CCOCC(F)(F)F)NN)cn1. The van der Waals surface area contributed by atoms with Crippen molar-refractivity contribution in [3.8, 4) is 0 Å². The molecule has 3 N–H and O–H groups in total. The van der Waals surface area contributed by atoms with Crippen molar-refractivity contribution < 1.29 is 17.9 Å². The summed E-state index contributed by atoms with van der Waals surface area (Å²) in [6.45, 7) is -1.22. The van der Waals surface area contributed by atoms with Crippen LogP contribution < -0.4 is 11.3 Å². The molecule has 1 atom stereocenters. The Morgan fingerprint density at radius 1 is 1.56 bits per heavy atom. The molecule has 1 heterocycles. The highest BCUT2D eigenvalue weighted by Gasteiger charge is 2.27. The monoisotopic (exact) mass is 266 g/mol. The molecular weight excluding hydrogens is 249 g/mol. The molecular formula is C10H17F3N4O. The molecule has 0 fully saturated rings. The van der Waals surface area contributed by atoms with Gasteiger partial charge in [-0.25, -0.2) is 0 Å². The van der Waals surface area contributed by atoms with Crippen molar-refractivity contribution in [3.63, 3.8) is 0 Å². The zero-order chi connectivity index (χ0) is 13.6. The molecule has 104 valence electrons. The Bertz CT molecular complexity index is 353. The van der Waals surface area contributed by atoms with Gasteiger partial charge < -0.3 is 4.74 Å². The lowest BCUT2D eigenvalue weighted by molar-refractivity contribution is -0.174. The van der Waals surface area contributed by atoms with Gasteiger partial charge in [0.1, 0.15) is 6.61 Å². The summed E-state index contributed by atoms with van der Waals surface area (Å²) < 4.78 is 41.7. The summed E-state index contributed by atoms with van der Waals surface area (Å²) in [7, 11) is 1.79. The van der Waals surface area contributed by atoms with Crippen molar-refractivity contribution in [2.75, 3.05) is 13.2 Å². The molecule has 0 bridgehead atoms. The number of halogens is 3. The number of hydrogen-bond acceptors (Lipinski definition) is 4. The summed E-state index contributed by atoms with van der Waals surface area (Å²) in [6.07, 6.45) is 0.248. The highest BCUT2D eigenvalue weighted by Crippen LogP contribution is 2.14. The van der Waals surface area contributed by atoms with Gasteiger partial charge in [-0.1, -0.05) is 0 Å². The Kier molecular flexibility index (Phi) is 5.57. The van der Waals surface area contributed by atoms with Crippen LogP contribution in [0.15, 0.2) is 12.4 Å². The van der Waals surface area contributed by atoms with Crippen molar-refractivity contribution in [2.24, 2.45) is 12.9 Å². The van der Waals surface area contributed by atoms with Crippen molar-refractivity contribution in [2.45, 2.75) is 25.1 Å². The van der Waals surface area contributed by atoms with Gasteiger partial charge in [0.25, 0.3) is 0 Å². The predicted octanol–water partition coefficient (Wildman–Crippen LogP) is 0.764. The van der Waals surface area contributed by atoms with Gasteiger partial charge in [0.15, 0.2) is 0 Å². The van der Waals surface area contributed by atoms with Crippen LogP contribution in [0.2, 0.25) is 0 Å². The number of nitrogens with zero attached hydrogens (tertiary/aromatic N) is 2. The Morgan fingerprint density at radius 2 is 2.28 bits per heavy atom. The number of aromatic nitrogens is 2. The van der Waals surface area contributed by atoms with Gasteiger partial charge in [0.05, 0.1) is 6.20 Å². The second-order valence-electron chi connectivity index (χ2n) is 4.05. The van der Waals surface area contributed by atoms with Crippen LogP contribution in [0.3, 0.4) is 0 Å². The average Bonchev–Trinajstić information content (AvgIpc) is 2.67. The van der Waals surface area contributed by atoms with Gasteiger partial charge in [-0.15, -0.1) is 0 Å². The van der Waals surface area contributed by atoms with Crippen LogP contribution in [0.5, 0.6) is 0 Å². The molecule has 0 aliphatic heterocycles. The topological polar surface area (TPSA) is 65.1 Å². The minimum absolute atomic E-state index is 0.00857. The van der Waals surface area contributed by atoms with E-state index in [1.54, 1.807) is 17.9 Å². The second-order valence-corrected chi connectivity index (χ2v) is 4.05. The highest BCUT2D eigenvalue weighted by atomic mass is 19.4. The van der Waals surface area contributed by atoms with Gasteiger partial charge >= 0.3 is 6.18 Å². The fraction of sp³-hybridized carbons (Fsp3) is 0.700. The summed E-state index contributed by atoms with van der Waals surface area (Å²) in [5.41, 5.74) is 3.53. The minimum Gasteiger partial charge on any atom is -0.372 e. The van der Waals surface area contributed by atoms with E-state index in [1.165, 1.54) is 0 Å². The summed E-state index contributed by atoms with van der Waals surface area (Å²) in [5, 5.41) is 4.00. The minimum atomic E-state index is -4.28. The maximum absolute atomic E-state index is 11.8. The van der Waals surface area contributed by atoms with Crippen molar-refractivity contribution >= 4 is 0 Å². The second kappa shape index (κ2) is 6.72. The third-order valence-electron chi connectivity index (χ3n) is 2.35. The standard InChI is InChI=1S/C10H17F3N4O/c1-17-6-8(5-15-17)4-9(16-14)2-3-18-7-10(11,12)13/h5-6,9,16H,2-4,7,14H2,1H3. The quantitative estimate of drug-likeness (QED) is 0.434. The zero-order valence-electron chi connectivity index (χ0n) is 10.1. The number of hydrogen-bond donors (Lipinski definition) is 2. The van der Waals surface area contributed by atoms with Crippen molar-refractivity contribution in [3.05, 3.63) is 18.0 Å². The van der Waals surface area contributed by atoms with Gasteiger partial charge in [-0.2, -0.15) is 18.3 Å². The molecule has 0 saturated carbocycles. The van der Waals surface area contributed by atoms with E-state index >= 15 is 0 Å². The fourth-order valence-electron chi connectivity index (χ4n) is 1.52. The number of alkyl halides is 3. The Balaban J connectivity index is 2.25. The lowest BCUT2D eigenvalue weighted by Gasteiger charge is -2.15. The summed E-state index contributed by atoms with van der Waals surface area (Å²) in [6, 6.07) is -0.137. The van der Waals surface area contributed by atoms with Crippen LogP contribution in [0.25, 0.3) is 0 Å². The molecule has 1 aromatic heterocycles. The van der Waals surface area contributed by atoms with Crippen LogP contribution >= 0.6 is 0 Å². The Morgan fingerprint density at radius 3 is 2.78 bits per heavy atom. The van der Waals surface area contributed by atoms with E-state index in [0.717, 1.165) is 5.56 Å². The molecule has 1 aromatic rings. The molecule has 0 amide bonds. The van der Waals surface area contributed by atoms with E-state index in [2.05, 4.69) is 15.3 Å². The summed E-state index contributed by atoms with van der Waals surface area (Å²) in [5.74, 6) is 5.34. The normalized spacial score (nSPS) is 13.8. The largest absolute Gasteiger partial charge is 0.411 e. The van der Waals surface area contributed by atoms with E-state index in [1.807, 2.05) is 6.20 Å². The van der Waals surface area contributed by atoms with Gasteiger partial charge in [0, 0.05) is 25.9 Å². The molecule has 5 nitrogen and oxygen atoms in total. The summed E-state index contributed by atoms with van der Waals surface area (Å²) in [4.78, 5) is 0. The van der Waals surface area contributed by atoms with Crippen molar-refractivity contribution in [1.82, 2.24) is 15.2 Å². The first-order chi connectivity index (χ1) is 8.40. The molecule has 0 aliphatic carbocycles. The van der Waals surface area contributed by atoms with Crippen molar-refractivity contribution in [1.29, 1.82) is 0 Å². The van der Waals surface area contributed by atoms with Gasteiger partial charge in [0.2, 0.25) is 0 Å². The Labute approximate surface area is 103 Å². The average molecular weight is 266 g/mol. The maximum Gasteiger partial charge on any atom is 0.411 e. The van der Waals surface area contributed by atoms with Crippen LogP contribution in [0, 0.1) is 0 Å². The van der Waals surface area contributed by atoms with E-state index in [-0.39, 0.29) is 12.6 Å². The highest BCUT2D eigenvalue weighted by molar-refractivity contribution is 5.05. The van der Waals surface area contributed by atoms with E-state index in [0.29, 0.717) is 12.8 Å². The first kappa shape index (κ1) is 14.9. The third kappa shape index (κ3) is 5.99. The number of nitrogens with two attached hydrogens (primary N) is 1. The Hall–Kier alpha value is -1.12. The smallest absolute Gasteiger partial charge is 0.372 e. The number of ether oxygens (including phenoxy) is 1. The lowest BCUT2D eigenvalue weighted by Crippen LogP contribution is -2.37. The lowest BCUT2D eigenvalue weighted by atomic mass is 10.1. The van der Waals surface area contributed by atoms with Crippen LogP contribution in [0.1, 0.15) is 12.0 Å². The van der Waals surface area contributed by atoms with Crippen LogP contribution in [-0.2, 0) is 18.2 Å². The molecule has 18 heavy (non-hydrogen) atoms. The number of nitrogens with one attached hydrogen (secondary N) is 1. The molecule has 0 aromatic carbocycles. The third-order valence-corrected chi connectivity index (χ3v) is 2.35. The number of aryl methyl sites for hydroxylation is 1. The van der Waals surface area contributed by atoms with Gasteiger partial charge in [-0.05, 0) is 18.4 Å². The van der Waals surface area contributed by atoms with E-state index in [9.17, 15) is 13.2 Å². The molecule has 1 unspecified atom stereocenters. The van der Waals surface area contributed by atoms with Crippen LogP contribution in [0.4, 0.5) is 13.2 Å². The first-order valence-electron chi connectivity index (χ1n) is 5.49. The predicted molar refractivity (Wildman–Crippen MR) is 59.5 cm³/mol. The fourth-order valence-corrected chi connectivity index (χ4v) is 1.52. The van der Waals surface area contributed by atoms with E-state index in [4.69, 9.17) is 5.84 Å². The molecule has 8 heteroatoms. The molecule has 0 spiro atoms. The molecule has 0 aliphatic rings. The zero-order valence-corrected chi connectivity index (χ0v) is 10.1. The number of rotatable bonds is 7. The van der Waals surface area contributed by atoms with E-state index < -0.39 is 12.8 Å². The molecule has 1 rings (SSSR count). The summed E-state index contributed by atoms with van der Waals surface area (Å²) >= 11 is 0.